The monoisotopic (exact) mass is 301 g/mol. The number of aryl methyl sites for hydroxylation is 1. The zero-order valence-corrected chi connectivity index (χ0v) is 12.4. The summed E-state index contributed by atoms with van der Waals surface area (Å²) in [5, 5.41) is 11.8. The molecule has 5 nitrogen and oxygen atoms in total. The number of carbonyl (C=O) groups is 2. The van der Waals surface area contributed by atoms with Crippen molar-refractivity contribution in [1.82, 2.24) is 5.32 Å². The standard InChI is InChI=1S/C17H19NO4/c1-12(4-9-15-3-2-10-22-15)18-16(19)11-13-5-7-14(8-6-13)17(20)21/h2-3,5-8,10,12H,4,9,11H2,1H3,(H,18,19)(H,20,21). The van der Waals surface area contributed by atoms with Crippen molar-refractivity contribution in [1.29, 1.82) is 0 Å². The first kappa shape index (κ1) is 15.8. The predicted molar refractivity (Wildman–Crippen MR) is 81.7 cm³/mol. The Hall–Kier alpha value is -2.56. The van der Waals surface area contributed by atoms with Crippen LogP contribution in [0.3, 0.4) is 0 Å². The summed E-state index contributed by atoms with van der Waals surface area (Å²) in [6, 6.07) is 10.2. The maximum atomic E-state index is 12.0. The van der Waals surface area contributed by atoms with Crippen LogP contribution in [0.2, 0.25) is 0 Å². The van der Waals surface area contributed by atoms with Gasteiger partial charge in [-0.15, -0.1) is 0 Å². The summed E-state index contributed by atoms with van der Waals surface area (Å²) in [4.78, 5) is 22.7. The van der Waals surface area contributed by atoms with Crippen molar-refractivity contribution in [3.8, 4) is 0 Å². The molecule has 0 fully saturated rings. The van der Waals surface area contributed by atoms with Gasteiger partial charge in [-0.05, 0) is 43.2 Å². The van der Waals surface area contributed by atoms with Gasteiger partial charge >= 0.3 is 5.97 Å². The molecule has 22 heavy (non-hydrogen) atoms. The lowest BCUT2D eigenvalue weighted by atomic mass is 10.1. The molecule has 0 aliphatic heterocycles. The molecule has 0 saturated heterocycles. The van der Waals surface area contributed by atoms with Crippen LogP contribution in [0.1, 0.15) is 35.0 Å². The quantitative estimate of drug-likeness (QED) is 0.824. The van der Waals surface area contributed by atoms with Crippen molar-refractivity contribution in [2.45, 2.75) is 32.2 Å². The molecular weight excluding hydrogens is 282 g/mol. The molecule has 5 heteroatoms. The molecule has 0 radical (unpaired) electrons. The highest BCUT2D eigenvalue weighted by molar-refractivity contribution is 5.87. The molecule has 1 atom stereocenters. The van der Waals surface area contributed by atoms with Crippen LogP contribution in [-0.4, -0.2) is 23.0 Å². The van der Waals surface area contributed by atoms with Gasteiger partial charge in [0.25, 0.3) is 0 Å². The zero-order valence-electron chi connectivity index (χ0n) is 12.4. The predicted octanol–water partition coefficient (Wildman–Crippen LogP) is 2.66. The van der Waals surface area contributed by atoms with Crippen molar-refractivity contribution in [3.63, 3.8) is 0 Å². The van der Waals surface area contributed by atoms with Gasteiger partial charge in [0.2, 0.25) is 5.91 Å². The van der Waals surface area contributed by atoms with E-state index in [0.717, 1.165) is 24.2 Å². The number of furan rings is 1. The number of hydrogen-bond acceptors (Lipinski definition) is 3. The lowest BCUT2D eigenvalue weighted by Crippen LogP contribution is -2.34. The fourth-order valence-corrected chi connectivity index (χ4v) is 2.16. The molecule has 2 aromatic rings. The second-order valence-corrected chi connectivity index (χ2v) is 5.27. The van der Waals surface area contributed by atoms with Crippen LogP contribution in [0.15, 0.2) is 47.1 Å². The van der Waals surface area contributed by atoms with Gasteiger partial charge in [0.1, 0.15) is 5.76 Å². The highest BCUT2D eigenvalue weighted by Gasteiger charge is 2.10. The molecule has 0 saturated carbocycles. The fourth-order valence-electron chi connectivity index (χ4n) is 2.16. The number of rotatable bonds is 7. The third-order valence-corrected chi connectivity index (χ3v) is 3.38. The van der Waals surface area contributed by atoms with Crippen molar-refractivity contribution in [2.24, 2.45) is 0 Å². The minimum absolute atomic E-state index is 0.0518. The SMILES string of the molecule is CC(CCc1ccco1)NC(=O)Cc1ccc(C(=O)O)cc1. The molecule has 116 valence electrons. The Balaban J connectivity index is 1.78. The summed E-state index contributed by atoms with van der Waals surface area (Å²) >= 11 is 0. The average molecular weight is 301 g/mol. The van der Waals surface area contributed by atoms with Gasteiger partial charge in [0, 0.05) is 12.5 Å². The van der Waals surface area contributed by atoms with Gasteiger partial charge in [-0.25, -0.2) is 4.79 Å². The number of carboxylic acids is 1. The van der Waals surface area contributed by atoms with Crippen LogP contribution in [-0.2, 0) is 17.6 Å². The van der Waals surface area contributed by atoms with Crippen molar-refractivity contribution < 1.29 is 19.1 Å². The van der Waals surface area contributed by atoms with E-state index in [4.69, 9.17) is 9.52 Å². The van der Waals surface area contributed by atoms with E-state index in [0.29, 0.717) is 0 Å². The van der Waals surface area contributed by atoms with E-state index in [1.165, 1.54) is 12.1 Å². The Morgan fingerprint density at radius 2 is 1.95 bits per heavy atom. The summed E-state index contributed by atoms with van der Waals surface area (Å²) in [6.07, 6.45) is 3.46. The summed E-state index contributed by atoms with van der Waals surface area (Å²) in [5.41, 5.74) is 1.01. The minimum atomic E-state index is -0.970. The molecular formula is C17H19NO4. The first-order valence-corrected chi connectivity index (χ1v) is 7.18. The summed E-state index contributed by atoms with van der Waals surface area (Å²) in [6.45, 7) is 1.95. The average Bonchev–Trinajstić information content (AvgIpc) is 2.99. The highest BCUT2D eigenvalue weighted by Crippen LogP contribution is 2.07. The number of benzene rings is 1. The Labute approximate surface area is 129 Å². The van der Waals surface area contributed by atoms with Gasteiger partial charge in [-0.1, -0.05) is 12.1 Å². The lowest BCUT2D eigenvalue weighted by molar-refractivity contribution is -0.121. The Morgan fingerprint density at radius 1 is 1.23 bits per heavy atom. The molecule has 0 bridgehead atoms. The molecule has 2 N–H and O–H groups in total. The molecule has 2 rings (SSSR count). The maximum absolute atomic E-state index is 12.0. The van der Waals surface area contributed by atoms with Gasteiger partial charge in [0.05, 0.1) is 18.2 Å². The van der Waals surface area contributed by atoms with E-state index < -0.39 is 5.97 Å². The smallest absolute Gasteiger partial charge is 0.335 e. The molecule has 1 aromatic heterocycles. The zero-order chi connectivity index (χ0) is 15.9. The molecule has 1 aromatic carbocycles. The van der Waals surface area contributed by atoms with Crippen molar-refractivity contribution in [2.75, 3.05) is 0 Å². The number of nitrogens with one attached hydrogen (secondary N) is 1. The lowest BCUT2D eigenvalue weighted by Gasteiger charge is -2.13. The van der Waals surface area contributed by atoms with E-state index >= 15 is 0 Å². The molecule has 1 amide bonds. The maximum Gasteiger partial charge on any atom is 0.335 e. The number of aromatic carboxylic acids is 1. The summed E-state index contributed by atoms with van der Waals surface area (Å²) in [7, 11) is 0. The van der Waals surface area contributed by atoms with Crippen LogP contribution in [0.4, 0.5) is 0 Å². The van der Waals surface area contributed by atoms with E-state index in [-0.39, 0.29) is 23.9 Å². The topological polar surface area (TPSA) is 79.5 Å². The minimum Gasteiger partial charge on any atom is -0.478 e. The normalized spacial score (nSPS) is 11.9. The fraction of sp³-hybridized carbons (Fsp3) is 0.294. The number of carbonyl (C=O) groups excluding carboxylic acids is 1. The van der Waals surface area contributed by atoms with Crippen LogP contribution in [0.5, 0.6) is 0 Å². The summed E-state index contributed by atoms with van der Waals surface area (Å²) in [5.74, 6) is -0.136. The van der Waals surface area contributed by atoms with Gasteiger partial charge in [0.15, 0.2) is 0 Å². The van der Waals surface area contributed by atoms with E-state index in [1.807, 2.05) is 19.1 Å². The largest absolute Gasteiger partial charge is 0.478 e. The first-order valence-electron chi connectivity index (χ1n) is 7.18. The third kappa shape index (κ3) is 4.77. The van der Waals surface area contributed by atoms with E-state index in [2.05, 4.69) is 5.32 Å². The number of carboxylic acid groups (broad SMARTS) is 1. The van der Waals surface area contributed by atoms with E-state index in [1.54, 1.807) is 18.4 Å². The van der Waals surface area contributed by atoms with Crippen LogP contribution in [0, 0.1) is 0 Å². The molecule has 1 unspecified atom stereocenters. The first-order chi connectivity index (χ1) is 10.5. The summed E-state index contributed by atoms with van der Waals surface area (Å²) < 4.78 is 5.25. The van der Waals surface area contributed by atoms with Gasteiger partial charge in [-0.2, -0.15) is 0 Å². The van der Waals surface area contributed by atoms with E-state index in [9.17, 15) is 9.59 Å². The molecule has 0 spiro atoms. The molecule has 0 aliphatic carbocycles. The van der Waals surface area contributed by atoms with Crippen molar-refractivity contribution >= 4 is 11.9 Å². The third-order valence-electron chi connectivity index (χ3n) is 3.38. The van der Waals surface area contributed by atoms with Crippen molar-refractivity contribution in [3.05, 3.63) is 59.5 Å². The Kier molecular flexibility index (Phi) is 5.36. The van der Waals surface area contributed by atoms with Gasteiger partial charge in [-0.3, -0.25) is 4.79 Å². The number of amides is 1. The molecule has 0 aliphatic rings. The highest BCUT2D eigenvalue weighted by atomic mass is 16.4. The van der Waals surface area contributed by atoms with Crippen LogP contribution >= 0.6 is 0 Å². The number of hydrogen-bond donors (Lipinski definition) is 2. The Bertz CT molecular complexity index is 617. The second kappa shape index (κ2) is 7.45. The Morgan fingerprint density at radius 3 is 2.55 bits per heavy atom. The molecule has 1 heterocycles. The van der Waals surface area contributed by atoms with Gasteiger partial charge < -0.3 is 14.8 Å². The second-order valence-electron chi connectivity index (χ2n) is 5.27. The van der Waals surface area contributed by atoms with Crippen LogP contribution in [0.25, 0.3) is 0 Å². The van der Waals surface area contributed by atoms with Crippen LogP contribution < -0.4 is 5.32 Å².